The minimum absolute atomic E-state index is 0.128. The minimum Gasteiger partial charge on any atom is -0.394 e. The van der Waals surface area contributed by atoms with Gasteiger partial charge in [-0.3, -0.25) is 4.79 Å². The van der Waals surface area contributed by atoms with Crippen LogP contribution < -0.4 is 5.32 Å². The molecule has 4 N–H and O–H groups in total. The summed E-state index contributed by atoms with van der Waals surface area (Å²) in [5, 5.41) is 34.5. The van der Waals surface area contributed by atoms with E-state index >= 15 is 0 Å². The molecule has 1 fully saturated rings. The van der Waals surface area contributed by atoms with Crippen molar-refractivity contribution in [1.82, 2.24) is 5.32 Å². The molecule has 1 saturated heterocycles. The molecular formula is C24H25NO5. The fraction of sp³-hybridized carbons (Fsp3) is 0.292. The van der Waals surface area contributed by atoms with Gasteiger partial charge < -0.3 is 25.4 Å². The summed E-state index contributed by atoms with van der Waals surface area (Å²) in [4.78, 5) is 11.9. The van der Waals surface area contributed by atoms with Gasteiger partial charge >= 0.3 is 0 Å². The molecular weight excluding hydrogens is 382 g/mol. The first-order valence-electron chi connectivity index (χ1n) is 9.99. The first kappa shape index (κ1) is 20.5. The third-order valence-corrected chi connectivity index (χ3v) is 5.63. The van der Waals surface area contributed by atoms with Gasteiger partial charge in [-0.05, 0) is 51.7 Å². The van der Waals surface area contributed by atoms with E-state index in [9.17, 15) is 20.1 Å². The highest BCUT2D eigenvalue weighted by molar-refractivity contribution is 5.96. The van der Waals surface area contributed by atoms with Crippen LogP contribution in [-0.2, 0) is 4.74 Å². The third-order valence-electron chi connectivity index (χ3n) is 5.63. The highest BCUT2D eigenvalue weighted by atomic mass is 16.5. The number of rotatable bonds is 4. The number of benzene rings is 3. The number of nitrogens with one attached hydrogen (secondary N) is 1. The smallest absolute Gasteiger partial charge is 0.251 e. The third kappa shape index (κ3) is 3.95. The lowest BCUT2D eigenvalue weighted by Crippen LogP contribution is -2.44. The second-order valence-corrected chi connectivity index (χ2v) is 7.64. The summed E-state index contributed by atoms with van der Waals surface area (Å²) in [6.07, 6.45) is -2.97. The van der Waals surface area contributed by atoms with Crippen LogP contribution in [-0.4, -0.2) is 53.2 Å². The van der Waals surface area contributed by atoms with Crippen molar-refractivity contribution < 1.29 is 24.9 Å². The van der Waals surface area contributed by atoms with Crippen molar-refractivity contribution in [3.8, 4) is 11.1 Å². The van der Waals surface area contributed by atoms with E-state index in [1.54, 1.807) is 13.1 Å². The highest BCUT2D eigenvalue weighted by Crippen LogP contribution is 2.34. The summed E-state index contributed by atoms with van der Waals surface area (Å²) < 4.78 is 5.79. The van der Waals surface area contributed by atoms with Gasteiger partial charge in [-0.1, -0.05) is 36.4 Å². The van der Waals surface area contributed by atoms with E-state index < -0.39 is 24.4 Å². The summed E-state index contributed by atoms with van der Waals surface area (Å²) >= 11 is 0. The number of fused-ring (bicyclic) bond motifs is 1. The Bertz CT molecular complexity index is 1070. The number of hydrogen-bond acceptors (Lipinski definition) is 5. The quantitative estimate of drug-likeness (QED) is 0.532. The molecule has 4 atom stereocenters. The molecule has 30 heavy (non-hydrogen) atoms. The Balaban J connectivity index is 1.65. The van der Waals surface area contributed by atoms with E-state index in [-0.39, 0.29) is 18.9 Å². The van der Waals surface area contributed by atoms with E-state index in [1.165, 1.54) is 0 Å². The van der Waals surface area contributed by atoms with E-state index in [2.05, 4.69) is 5.32 Å². The summed E-state index contributed by atoms with van der Waals surface area (Å²) in [7, 11) is 1.61. The Labute approximate surface area is 174 Å². The van der Waals surface area contributed by atoms with E-state index in [4.69, 9.17) is 4.74 Å². The number of carbonyl (C=O) groups is 1. The van der Waals surface area contributed by atoms with Crippen LogP contribution in [0.25, 0.3) is 21.9 Å². The monoisotopic (exact) mass is 407 g/mol. The summed E-state index contributed by atoms with van der Waals surface area (Å²) in [5.74, 6) is -0.128. The molecule has 0 radical (unpaired) electrons. The largest absolute Gasteiger partial charge is 0.394 e. The van der Waals surface area contributed by atoms with E-state index in [1.807, 2.05) is 54.6 Å². The molecule has 1 aliphatic heterocycles. The Morgan fingerprint density at radius 1 is 1.03 bits per heavy atom. The van der Waals surface area contributed by atoms with Crippen molar-refractivity contribution in [1.29, 1.82) is 0 Å². The molecule has 0 spiro atoms. The summed E-state index contributed by atoms with van der Waals surface area (Å²) in [5.41, 5.74) is 3.29. The van der Waals surface area contributed by atoms with Crippen LogP contribution in [0.15, 0.2) is 60.7 Å². The zero-order valence-electron chi connectivity index (χ0n) is 16.7. The van der Waals surface area contributed by atoms with Crippen molar-refractivity contribution in [2.75, 3.05) is 13.7 Å². The van der Waals surface area contributed by atoms with Gasteiger partial charge in [0.2, 0.25) is 0 Å². The Kier molecular flexibility index (Phi) is 5.83. The van der Waals surface area contributed by atoms with Gasteiger partial charge in [0, 0.05) is 19.0 Å². The van der Waals surface area contributed by atoms with Gasteiger partial charge in [-0.25, -0.2) is 0 Å². The Morgan fingerprint density at radius 2 is 1.77 bits per heavy atom. The number of carbonyl (C=O) groups excluding carboxylic acids is 1. The van der Waals surface area contributed by atoms with E-state index in [0.717, 1.165) is 27.5 Å². The van der Waals surface area contributed by atoms with Crippen molar-refractivity contribution in [3.63, 3.8) is 0 Å². The molecule has 4 rings (SSSR count). The maximum atomic E-state index is 11.9. The number of amides is 1. The predicted molar refractivity (Wildman–Crippen MR) is 114 cm³/mol. The molecule has 1 heterocycles. The maximum Gasteiger partial charge on any atom is 0.251 e. The lowest BCUT2D eigenvalue weighted by atomic mass is 9.91. The van der Waals surface area contributed by atoms with Crippen molar-refractivity contribution in [2.45, 2.75) is 30.8 Å². The second kappa shape index (κ2) is 8.53. The van der Waals surface area contributed by atoms with Gasteiger partial charge in [0.15, 0.2) is 0 Å². The van der Waals surface area contributed by atoms with Crippen LogP contribution in [0.4, 0.5) is 0 Å². The van der Waals surface area contributed by atoms with Crippen molar-refractivity contribution in [2.24, 2.45) is 0 Å². The molecule has 3 aromatic rings. The van der Waals surface area contributed by atoms with Crippen molar-refractivity contribution >= 4 is 16.7 Å². The number of hydrogen-bond donors (Lipinski definition) is 4. The summed E-state index contributed by atoms with van der Waals surface area (Å²) in [6, 6.07) is 19.2. The fourth-order valence-electron chi connectivity index (χ4n) is 3.95. The van der Waals surface area contributed by atoms with Crippen LogP contribution >= 0.6 is 0 Å². The van der Waals surface area contributed by atoms with Crippen LogP contribution in [0, 0.1) is 0 Å². The van der Waals surface area contributed by atoms with Crippen molar-refractivity contribution in [3.05, 3.63) is 71.8 Å². The topological polar surface area (TPSA) is 99.0 Å². The molecule has 0 aromatic heterocycles. The lowest BCUT2D eigenvalue weighted by Gasteiger charge is -2.36. The molecule has 156 valence electrons. The van der Waals surface area contributed by atoms with Crippen LogP contribution in [0.2, 0.25) is 0 Å². The predicted octanol–water partition coefficient (Wildman–Crippen LogP) is 2.41. The molecule has 0 aliphatic carbocycles. The molecule has 1 aliphatic rings. The van der Waals surface area contributed by atoms with Gasteiger partial charge in [-0.2, -0.15) is 0 Å². The van der Waals surface area contributed by atoms with Gasteiger partial charge in [0.05, 0.1) is 18.8 Å². The molecule has 1 amide bonds. The van der Waals surface area contributed by atoms with Crippen LogP contribution in [0.3, 0.4) is 0 Å². The van der Waals surface area contributed by atoms with Crippen LogP contribution in [0.5, 0.6) is 0 Å². The zero-order valence-corrected chi connectivity index (χ0v) is 16.7. The SMILES string of the molecule is CNC(=O)c1cccc(-c2ccc3cc([C@H]4O[C@H](CO)C[C@H](O)[C@@H]4O)ccc3c2)c1. The standard InChI is InChI=1S/C24H25NO5/c1-25-24(29)19-4-2-3-14(11-19)15-5-6-17-10-18(8-7-16(17)9-15)23-22(28)21(27)12-20(13-26)30-23/h2-11,20-23,26-28H,12-13H2,1H3,(H,25,29)/t20-,21-,22-,23+/m0/s1. The normalized spacial score (nSPS) is 24.0. The number of aliphatic hydroxyl groups excluding tert-OH is 3. The molecule has 0 saturated carbocycles. The molecule has 6 heteroatoms. The van der Waals surface area contributed by atoms with E-state index in [0.29, 0.717) is 5.56 Å². The zero-order chi connectivity index (χ0) is 21.3. The Morgan fingerprint density at radius 3 is 2.53 bits per heavy atom. The molecule has 6 nitrogen and oxygen atoms in total. The first-order chi connectivity index (χ1) is 14.5. The first-order valence-corrected chi connectivity index (χ1v) is 9.99. The fourth-order valence-corrected chi connectivity index (χ4v) is 3.95. The van der Waals surface area contributed by atoms with Gasteiger partial charge in [0.25, 0.3) is 5.91 Å². The Hall–Kier alpha value is -2.77. The van der Waals surface area contributed by atoms with Gasteiger partial charge in [-0.15, -0.1) is 0 Å². The molecule has 0 unspecified atom stereocenters. The average Bonchev–Trinajstić information content (AvgIpc) is 2.79. The summed E-state index contributed by atoms with van der Waals surface area (Å²) in [6.45, 7) is -0.202. The highest BCUT2D eigenvalue weighted by Gasteiger charge is 2.37. The number of aliphatic hydroxyl groups is 3. The molecule has 3 aromatic carbocycles. The number of ether oxygens (including phenoxy) is 1. The molecule has 0 bridgehead atoms. The lowest BCUT2D eigenvalue weighted by molar-refractivity contribution is -0.179. The maximum absolute atomic E-state index is 11.9. The minimum atomic E-state index is -1.04. The van der Waals surface area contributed by atoms with Crippen LogP contribution in [0.1, 0.15) is 28.4 Å². The average molecular weight is 407 g/mol. The second-order valence-electron chi connectivity index (χ2n) is 7.64. The van der Waals surface area contributed by atoms with Gasteiger partial charge in [0.1, 0.15) is 12.2 Å².